The first-order chi connectivity index (χ1) is 11.6. The zero-order chi connectivity index (χ0) is 16.9. The van der Waals surface area contributed by atoms with Crippen molar-refractivity contribution < 1.29 is 18.7 Å². The second kappa shape index (κ2) is 7.61. The molecule has 2 atom stereocenters. The van der Waals surface area contributed by atoms with Crippen molar-refractivity contribution in [3.63, 3.8) is 0 Å². The van der Waals surface area contributed by atoms with Crippen LogP contribution in [-0.2, 0) is 9.53 Å². The van der Waals surface area contributed by atoms with Crippen molar-refractivity contribution in [2.45, 2.75) is 37.8 Å². The van der Waals surface area contributed by atoms with E-state index < -0.39 is 17.9 Å². The average molecular weight is 335 g/mol. The minimum Gasteiger partial charge on any atom is -0.376 e. The maximum Gasteiger partial charge on any atom is 0.322 e. The lowest BCUT2D eigenvalue weighted by atomic mass is 10.2. The molecule has 3 rings (SSSR count). The molecule has 2 aliphatic rings. The van der Waals surface area contributed by atoms with E-state index in [-0.39, 0.29) is 17.7 Å². The Kier molecular flexibility index (Phi) is 5.30. The Balaban J connectivity index is 1.56. The van der Waals surface area contributed by atoms with Crippen molar-refractivity contribution >= 4 is 17.6 Å². The van der Waals surface area contributed by atoms with E-state index in [0.717, 1.165) is 25.9 Å². The van der Waals surface area contributed by atoms with E-state index in [2.05, 4.69) is 10.6 Å². The fourth-order valence-electron chi connectivity index (χ4n) is 3.17. The van der Waals surface area contributed by atoms with Crippen LogP contribution in [-0.4, -0.2) is 48.7 Å². The van der Waals surface area contributed by atoms with Crippen LogP contribution in [0, 0.1) is 5.82 Å². The van der Waals surface area contributed by atoms with Crippen LogP contribution in [0.15, 0.2) is 24.3 Å². The summed E-state index contributed by atoms with van der Waals surface area (Å²) in [5, 5.41) is 5.41. The third-order valence-electron chi connectivity index (χ3n) is 4.46. The zero-order valence-electron chi connectivity index (χ0n) is 13.5. The van der Waals surface area contributed by atoms with Crippen molar-refractivity contribution in [2.24, 2.45) is 0 Å². The molecule has 0 saturated carbocycles. The van der Waals surface area contributed by atoms with E-state index in [1.165, 1.54) is 17.0 Å². The average Bonchev–Trinajstić information content (AvgIpc) is 3.26. The van der Waals surface area contributed by atoms with Crippen LogP contribution < -0.4 is 10.6 Å². The molecule has 0 aromatic heterocycles. The van der Waals surface area contributed by atoms with Crippen LogP contribution in [0.5, 0.6) is 0 Å². The first-order valence-electron chi connectivity index (χ1n) is 8.36. The number of ether oxygens (including phenoxy) is 1. The molecule has 3 amide bonds. The lowest BCUT2D eigenvalue weighted by Crippen LogP contribution is -2.48. The molecule has 24 heavy (non-hydrogen) atoms. The molecule has 6 nitrogen and oxygen atoms in total. The number of urea groups is 1. The second-order valence-electron chi connectivity index (χ2n) is 6.14. The quantitative estimate of drug-likeness (QED) is 0.885. The number of para-hydroxylation sites is 1. The van der Waals surface area contributed by atoms with Gasteiger partial charge in [0.25, 0.3) is 0 Å². The molecule has 2 aliphatic heterocycles. The van der Waals surface area contributed by atoms with Gasteiger partial charge in [-0.25, -0.2) is 9.18 Å². The number of carbonyl (C=O) groups is 2. The standard InChI is InChI=1S/C17H22FN3O3/c18-13-6-1-2-7-14(13)20-17(23)21-9-3-8-15(21)16(22)19-11-12-5-4-10-24-12/h1-2,6-7,12,15H,3-5,8-11H2,(H,19,22)(H,20,23)/t12-,15-/m1/s1. The van der Waals surface area contributed by atoms with Crippen LogP contribution in [0.1, 0.15) is 25.7 Å². The van der Waals surface area contributed by atoms with Crippen LogP contribution in [0.3, 0.4) is 0 Å². The summed E-state index contributed by atoms with van der Waals surface area (Å²) in [6, 6.07) is 5.02. The van der Waals surface area contributed by atoms with Gasteiger partial charge in [0.15, 0.2) is 0 Å². The fraction of sp³-hybridized carbons (Fsp3) is 0.529. The Morgan fingerprint density at radius 2 is 2.08 bits per heavy atom. The summed E-state index contributed by atoms with van der Waals surface area (Å²) in [6.07, 6.45) is 3.39. The lowest BCUT2D eigenvalue weighted by molar-refractivity contribution is -0.125. The summed E-state index contributed by atoms with van der Waals surface area (Å²) >= 11 is 0. The molecule has 0 bridgehead atoms. The number of hydrogen-bond donors (Lipinski definition) is 2. The Labute approximate surface area is 140 Å². The summed E-state index contributed by atoms with van der Waals surface area (Å²) in [5.74, 6) is -0.670. The zero-order valence-corrected chi connectivity index (χ0v) is 13.5. The van der Waals surface area contributed by atoms with Crippen LogP contribution in [0.2, 0.25) is 0 Å². The van der Waals surface area contributed by atoms with Gasteiger partial charge in [-0.2, -0.15) is 0 Å². The van der Waals surface area contributed by atoms with Crippen molar-refractivity contribution in [2.75, 3.05) is 25.0 Å². The lowest BCUT2D eigenvalue weighted by Gasteiger charge is -2.25. The molecular weight excluding hydrogens is 313 g/mol. The highest BCUT2D eigenvalue weighted by Crippen LogP contribution is 2.20. The number of amides is 3. The SMILES string of the molecule is O=C(NC[C@H]1CCCO1)[C@H]1CCCN1C(=O)Nc1ccccc1F. The van der Waals surface area contributed by atoms with Crippen LogP contribution in [0.25, 0.3) is 0 Å². The minimum atomic E-state index is -0.516. The predicted molar refractivity (Wildman–Crippen MR) is 87.1 cm³/mol. The monoisotopic (exact) mass is 335 g/mol. The van der Waals surface area contributed by atoms with Gasteiger partial charge >= 0.3 is 6.03 Å². The second-order valence-corrected chi connectivity index (χ2v) is 6.14. The summed E-state index contributed by atoms with van der Waals surface area (Å²) in [5.41, 5.74) is 0.118. The molecule has 2 saturated heterocycles. The summed E-state index contributed by atoms with van der Waals surface area (Å²) in [4.78, 5) is 26.2. The van der Waals surface area contributed by atoms with Crippen molar-refractivity contribution in [3.05, 3.63) is 30.1 Å². The van der Waals surface area contributed by atoms with Gasteiger partial charge < -0.3 is 20.3 Å². The van der Waals surface area contributed by atoms with Gasteiger partial charge in [0.2, 0.25) is 5.91 Å². The van der Waals surface area contributed by atoms with E-state index in [0.29, 0.717) is 19.5 Å². The molecule has 2 heterocycles. The normalized spacial score (nSPS) is 23.3. The molecule has 0 radical (unpaired) electrons. The maximum atomic E-state index is 13.7. The molecule has 0 spiro atoms. The Morgan fingerprint density at radius 3 is 2.83 bits per heavy atom. The maximum absolute atomic E-state index is 13.7. The first-order valence-corrected chi connectivity index (χ1v) is 8.36. The summed E-state index contributed by atoms with van der Waals surface area (Å²) in [6.45, 7) is 1.69. The minimum absolute atomic E-state index is 0.0658. The van der Waals surface area contributed by atoms with E-state index in [1.807, 2.05) is 0 Å². The molecule has 2 fully saturated rings. The van der Waals surface area contributed by atoms with Gasteiger partial charge in [0, 0.05) is 19.7 Å². The number of hydrogen-bond acceptors (Lipinski definition) is 3. The number of anilines is 1. The fourth-order valence-corrected chi connectivity index (χ4v) is 3.17. The van der Waals surface area contributed by atoms with E-state index in [1.54, 1.807) is 12.1 Å². The van der Waals surface area contributed by atoms with Crippen LogP contribution >= 0.6 is 0 Å². The first kappa shape index (κ1) is 16.7. The molecule has 1 aromatic carbocycles. The van der Waals surface area contributed by atoms with E-state index in [4.69, 9.17) is 4.74 Å². The number of halogens is 1. The third kappa shape index (κ3) is 3.84. The highest BCUT2D eigenvalue weighted by molar-refractivity contribution is 5.94. The Hall–Kier alpha value is -2.15. The Morgan fingerprint density at radius 1 is 1.25 bits per heavy atom. The molecular formula is C17H22FN3O3. The number of rotatable bonds is 4. The highest BCUT2D eigenvalue weighted by Gasteiger charge is 2.34. The number of likely N-dealkylation sites (tertiary alicyclic amines) is 1. The smallest absolute Gasteiger partial charge is 0.322 e. The van der Waals surface area contributed by atoms with Crippen LogP contribution in [0.4, 0.5) is 14.9 Å². The molecule has 0 aliphatic carbocycles. The van der Waals surface area contributed by atoms with Crippen molar-refractivity contribution in [3.8, 4) is 0 Å². The molecule has 130 valence electrons. The van der Waals surface area contributed by atoms with Gasteiger partial charge in [0.05, 0.1) is 11.8 Å². The van der Waals surface area contributed by atoms with E-state index in [9.17, 15) is 14.0 Å². The Bertz CT molecular complexity index is 604. The number of nitrogens with zero attached hydrogens (tertiary/aromatic N) is 1. The number of carbonyl (C=O) groups excluding carboxylic acids is 2. The van der Waals surface area contributed by atoms with Gasteiger partial charge in [-0.15, -0.1) is 0 Å². The molecule has 1 aromatic rings. The summed E-state index contributed by atoms with van der Waals surface area (Å²) in [7, 11) is 0. The highest BCUT2D eigenvalue weighted by atomic mass is 19.1. The van der Waals surface area contributed by atoms with Gasteiger partial charge in [-0.1, -0.05) is 12.1 Å². The van der Waals surface area contributed by atoms with Gasteiger partial charge in [-0.3, -0.25) is 4.79 Å². The predicted octanol–water partition coefficient (Wildman–Crippen LogP) is 2.12. The molecule has 2 N–H and O–H groups in total. The topological polar surface area (TPSA) is 70.7 Å². The number of nitrogens with one attached hydrogen (secondary N) is 2. The summed E-state index contributed by atoms with van der Waals surface area (Å²) < 4.78 is 19.1. The largest absolute Gasteiger partial charge is 0.376 e. The third-order valence-corrected chi connectivity index (χ3v) is 4.46. The number of benzene rings is 1. The van der Waals surface area contributed by atoms with E-state index >= 15 is 0 Å². The molecule has 7 heteroatoms. The van der Waals surface area contributed by atoms with Crippen molar-refractivity contribution in [1.82, 2.24) is 10.2 Å². The van der Waals surface area contributed by atoms with Gasteiger partial charge in [0.1, 0.15) is 11.9 Å². The molecule has 0 unspecified atom stereocenters. The van der Waals surface area contributed by atoms with Crippen molar-refractivity contribution in [1.29, 1.82) is 0 Å². The van der Waals surface area contributed by atoms with Gasteiger partial charge in [-0.05, 0) is 37.8 Å².